The SMILES string of the molecule is Cc1[nH]n(-c2c(Cl)cc(Cl)cc2Cl)c(=O)c1C=Nc1ccccc1Cl. The van der Waals surface area contributed by atoms with Crippen molar-refractivity contribution in [2.75, 3.05) is 0 Å². The van der Waals surface area contributed by atoms with E-state index in [0.29, 0.717) is 32.7 Å². The average Bonchev–Trinajstić information content (AvgIpc) is 2.80. The molecule has 0 fully saturated rings. The highest BCUT2D eigenvalue weighted by molar-refractivity contribution is 6.40. The van der Waals surface area contributed by atoms with Gasteiger partial charge in [0.25, 0.3) is 5.56 Å². The number of aromatic amines is 1. The Morgan fingerprint density at radius 2 is 1.68 bits per heavy atom. The quantitative estimate of drug-likeness (QED) is 0.537. The molecule has 1 N–H and O–H groups in total. The Morgan fingerprint density at radius 3 is 2.32 bits per heavy atom. The van der Waals surface area contributed by atoms with E-state index >= 15 is 0 Å². The fourth-order valence-corrected chi connectivity index (χ4v) is 3.48. The van der Waals surface area contributed by atoms with Gasteiger partial charge in [-0.05, 0) is 31.2 Å². The summed E-state index contributed by atoms with van der Waals surface area (Å²) in [7, 11) is 0. The van der Waals surface area contributed by atoms with E-state index in [4.69, 9.17) is 46.4 Å². The summed E-state index contributed by atoms with van der Waals surface area (Å²) in [5.41, 5.74) is 1.56. The summed E-state index contributed by atoms with van der Waals surface area (Å²) in [5.74, 6) is 0. The first kappa shape index (κ1) is 18.1. The third kappa shape index (κ3) is 3.62. The number of rotatable bonds is 3. The second-order valence-electron chi connectivity index (χ2n) is 5.22. The van der Waals surface area contributed by atoms with Gasteiger partial charge in [0.15, 0.2) is 0 Å². The van der Waals surface area contributed by atoms with Crippen LogP contribution in [0.25, 0.3) is 5.69 Å². The minimum Gasteiger partial charge on any atom is -0.295 e. The molecular weight excluding hydrogens is 404 g/mol. The molecule has 4 nitrogen and oxygen atoms in total. The monoisotopic (exact) mass is 413 g/mol. The minimum atomic E-state index is -0.334. The number of nitrogens with one attached hydrogen (secondary N) is 1. The average molecular weight is 415 g/mol. The van der Waals surface area contributed by atoms with Crippen LogP contribution in [-0.2, 0) is 0 Å². The lowest BCUT2D eigenvalue weighted by atomic mass is 10.2. The summed E-state index contributed by atoms with van der Waals surface area (Å²) in [6, 6.07) is 10.1. The maximum atomic E-state index is 12.7. The van der Waals surface area contributed by atoms with Gasteiger partial charge in [-0.2, -0.15) is 0 Å². The number of nitrogens with zero attached hydrogens (tertiary/aromatic N) is 2. The molecule has 0 aliphatic heterocycles. The number of aliphatic imine (C=N–C) groups is 1. The Morgan fingerprint density at radius 1 is 1.04 bits per heavy atom. The lowest BCUT2D eigenvalue weighted by Crippen LogP contribution is -2.18. The van der Waals surface area contributed by atoms with Crippen molar-refractivity contribution in [1.29, 1.82) is 0 Å². The van der Waals surface area contributed by atoms with Crippen LogP contribution in [0.15, 0.2) is 46.2 Å². The summed E-state index contributed by atoms with van der Waals surface area (Å²) in [6.45, 7) is 1.75. The van der Waals surface area contributed by atoms with E-state index in [1.165, 1.54) is 23.0 Å². The van der Waals surface area contributed by atoms with Crippen LogP contribution >= 0.6 is 46.4 Å². The van der Waals surface area contributed by atoms with Crippen molar-refractivity contribution < 1.29 is 0 Å². The first-order chi connectivity index (χ1) is 11.9. The highest BCUT2D eigenvalue weighted by Crippen LogP contribution is 2.31. The van der Waals surface area contributed by atoms with Gasteiger partial charge in [0.05, 0.1) is 26.3 Å². The van der Waals surface area contributed by atoms with Crippen LogP contribution in [0.2, 0.25) is 20.1 Å². The van der Waals surface area contributed by atoms with Gasteiger partial charge >= 0.3 is 0 Å². The van der Waals surface area contributed by atoms with Crippen molar-refractivity contribution in [3.8, 4) is 5.69 Å². The third-order valence-electron chi connectivity index (χ3n) is 3.51. The maximum Gasteiger partial charge on any atom is 0.280 e. The summed E-state index contributed by atoms with van der Waals surface area (Å²) < 4.78 is 1.27. The molecule has 1 heterocycles. The molecule has 0 radical (unpaired) electrons. The zero-order valence-corrected chi connectivity index (χ0v) is 15.9. The molecule has 3 rings (SSSR count). The van der Waals surface area contributed by atoms with E-state index < -0.39 is 0 Å². The molecule has 1 aromatic heterocycles. The molecule has 2 aromatic carbocycles. The van der Waals surface area contributed by atoms with Crippen molar-refractivity contribution in [1.82, 2.24) is 9.78 Å². The molecule has 0 aliphatic rings. The zero-order valence-electron chi connectivity index (χ0n) is 12.9. The molecule has 0 unspecified atom stereocenters. The van der Waals surface area contributed by atoms with Crippen LogP contribution in [0.4, 0.5) is 5.69 Å². The van der Waals surface area contributed by atoms with E-state index in [0.717, 1.165) is 0 Å². The Hall–Kier alpha value is -1.72. The molecule has 128 valence electrons. The number of hydrogen-bond donors (Lipinski definition) is 1. The van der Waals surface area contributed by atoms with Crippen molar-refractivity contribution >= 4 is 58.3 Å². The van der Waals surface area contributed by atoms with Crippen LogP contribution in [-0.4, -0.2) is 16.0 Å². The van der Waals surface area contributed by atoms with E-state index in [9.17, 15) is 4.79 Å². The summed E-state index contributed by atoms with van der Waals surface area (Å²) in [5, 5.41) is 4.35. The van der Waals surface area contributed by atoms with Crippen LogP contribution < -0.4 is 5.56 Å². The van der Waals surface area contributed by atoms with Crippen molar-refractivity contribution in [3.63, 3.8) is 0 Å². The number of H-pyrrole nitrogens is 1. The molecular formula is C17H11Cl4N3O. The predicted octanol–water partition coefficient (Wildman–Crippen LogP) is 5.84. The van der Waals surface area contributed by atoms with Gasteiger partial charge in [-0.1, -0.05) is 58.5 Å². The smallest absolute Gasteiger partial charge is 0.280 e. The molecule has 0 bridgehead atoms. The molecule has 0 aliphatic carbocycles. The van der Waals surface area contributed by atoms with Crippen molar-refractivity contribution in [2.45, 2.75) is 6.92 Å². The Balaban J connectivity index is 2.09. The molecule has 3 aromatic rings. The molecule has 0 saturated carbocycles. The van der Waals surface area contributed by atoms with Gasteiger partial charge in [-0.25, -0.2) is 4.68 Å². The normalized spacial score (nSPS) is 11.4. The van der Waals surface area contributed by atoms with E-state index in [-0.39, 0.29) is 15.6 Å². The first-order valence-corrected chi connectivity index (χ1v) is 8.65. The molecule has 0 spiro atoms. The number of benzene rings is 2. The van der Waals surface area contributed by atoms with Crippen LogP contribution in [0.3, 0.4) is 0 Å². The van der Waals surface area contributed by atoms with Crippen molar-refractivity contribution in [2.24, 2.45) is 4.99 Å². The number of aryl methyl sites for hydroxylation is 1. The highest BCUT2D eigenvalue weighted by atomic mass is 35.5. The van der Waals surface area contributed by atoms with Gasteiger partial charge in [-0.3, -0.25) is 14.9 Å². The molecule has 0 atom stereocenters. The Labute approximate surface area is 163 Å². The topological polar surface area (TPSA) is 50.1 Å². The fourth-order valence-electron chi connectivity index (χ4n) is 2.31. The predicted molar refractivity (Wildman–Crippen MR) is 105 cm³/mol. The lowest BCUT2D eigenvalue weighted by Gasteiger charge is -2.07. The standard InChI is InChI=1S/C17H11Cl4N3O/c1-9-11(8-22-15-5-3-2-4-12(15)19)17(25)24(23-9)16-13(20)6-10(18)7-14(16)21/h2-8,23H,1H3. The van der Waals surface area contributed by atoms with Crippen LogP contribution in [0, 0.1) is 6.92 Å². The third-order valence-corrected chi connectivity index (χ3v) is 4.62. The van der Waals surface area contributed by atoms with Gasteiger partial charge in [0, 0.05) is 16.9 Å². The first-order valence-electron chi connectivity index (χ1n) is 7.13. The van der Waals surface area contributed by atoms with Crippen LogP contribution in [0.1, 0.15) is 11.3 Å². The summed E-state index contributed by atoms with van der Waals surface area (Å²) in [4.78, 5) is 17.0. The minimum absolute atomic E-state index is 0.260. The summed E-state index contributed by atoms with van der Waals surface area (Å²) >= 11 is 24.4. The van der Waals surface area contributed by atoms with Crippen molar-refractivity contribution in [3.05, 3.63) is 78.1 Å². The second kappa shape index (κ2) is 7.26. The Bertz CT molecular complexity index is 1010. The fraction of sp³-hybridized carbons (Fsp3) is 0.0588. The zero-order chi connectivity index (χ0) is 18.1. The maximum absolute atomic E-state index is 12.7. The van der Waals surface area contributed by atoms with Gasteiger partial charge in [-0.15, -0.1) is 0 Å². The van der Waals surface area contributed by atoms with E-state index in [2.05, 4.69) is 10.1 Å². The lowest BCUT2D eigenvalue weighted by molar-refractivity contribution is 0.835. The van der Waals surface area contributed by atoms with E-state index in [1.54, 1.807) is 25.1 Å². The number of aromatic nitrogens is 2. The number of para-hydroxylation sites is 1. The highest BCUT2D eigenvalue weighted by Gasteiger charge is 2.16. The second-order valence-corrected chi connectivity index (χ2v) is 6.88. The molecule has 0 amide bonds. The number of halogens is 4. The number of hydrogen-bond acceptors (Lipinski definition) is 2. The summed E-state index contributed by atoms with van der Waals surface area (Å²) in [6.07, 6.45) is 1.46. The van der Waals surface area contributed by atoms with E-state index in [1.807, 2.05) is 6.07 Å². The largest absolute Gasteiger partial charge is 0.295 e. The van der Waals surface area contributed by atoms with Gasteiger partial charge in [0.1, 0.15) is 5.69 Å². The Kier molecular flexibility index (Phi) is 5.25. The van der Waals surface area contributed by atoms with Gasteiger partial charge in [0.2, 0.25) is 0 Å². The molecule has 25 heavy (non-hydrogen) atoms. The van der Waals surface area contributed by atoms with Crippen LogP contribution in [0.5, 0.6) is 0 Å². The molecule has 0 saturated heterocycles. The van der Waals surface area contributed by atoms with Gasteiger partial charge < -0.3 is 0 Å². The molecule has 8 heteroatoms.